The zero-order valence-electron chi connectivity index (χ0n) is 21.1. The summed E-state index contributed by atoms with van der Waals surface area (Å²) >= 11 is 0. The van der Waals surface area contributed by atoms with Gasteiger partial charge >= 0.3 is 5.91 Å². The van der Waals surface area contributed by atoms with Crippen LogP contribution < -0.4 is 4.57 Å². The summed E-state index contributed by atoms with van der Waals surface area (Å²) in [6.07, 6.45) is 1.73. The molecule has 1 unspecified atom stereocenters. The summed E-state index contributed by atoms with van der Waals surface area (Å²) in [6.45, 7) is 8.65. The maximum absolute atomic E-state index is 12.1. The molecule has 0 saturated heterocycles. The summed E-state index contributed by atoms with van der Waals surface area (Å²) in [5, 5.41) is 18.8. The Labute approximate surface area is 209 Å². The Morgan fingerprint density at radius 2 is 1.69 bits per heavy atom. The minimum absolute atomic E-state index is 0.213. The Morgan fingerprint density at radius 3 is 2.47 bits per heavy atom. The smallest absolute Gasteiger partial charge is 0.326 e. The van der Waals surface area contributed by atoms with Crippen LogP contribution in [0, 0.1) is 13.8 Å². The Hall–Kier alpha value is -3.80. The largest absolute Gasteiger partial charge is 0.354 e. The lowest BCUT2D eigenvalue weighted by atomic mass is 9.91. The third-order valence-electron chi connectivity index (χ3n) is 7.92. The molecule has 1 aliphatic heterocycles. The summed E-state index contributed by atoms with van der Waals surface area (Å²) < 4.78 is 10.0. The van der Waals surface area contributed by atoms with Crippen molar-refractivity contribution in [2.24, 2.45) is 0 Å². The molecule has 178 valence electrons. The molecule has 0 amide bonds. The van der Waals surface area contributed by atoms with Gasteiger partial charge in [-0.1, -0.05) is 48.5 Å². The SMILES string of the molecule is COC1(O)c2c(cc(C)c3c(C)cccc23)-c2c3c4c5ccccc5ccc4n(C(C)C)c3nc[n+]21. The fourth-order valence-corrected chi connectivity index (χ4v) is 6.49. The molecule has 1 atom stereocenters. The van der Waals surface area contributed by atoms with Crippen molar-refractivity contribution in [3.63, 3.8) is 0 Å². The van der Waals surface area contributed by atoms with E-state index in [9.17, 15) is 5.11 Å². The number of fused-ring (bicyclic) bond motifs is 11. The van der Waals surface area contributed by atoms with Crippen LogP contribution in [-0.4, -0.2) is 21.8 Å². The highest BCUT2D eigenvalue weighted by molar-refractivity contribution is 6.23. The first-order valence-electron chi connectivity index (χ1n) is 12.4. The topological polar surface area (TPSA) is 51.2 Å². The fraction of sp³-hybridized carbons (Fsp3) is 0.226. The molecule has 2 aromatic heterocycles. The Balaban J connectivity index is 1.78. The van der Waals surface area contributed by atoms with Gasteiger partial charge < -0.3 is 14.4 Å². The molecule has 1 aliphatic rings. The molecule has 5 heteroatoms. The molecule has 36 heavy (non-hydrogen) atoms. The van der Waals surface area contributed by atoms with Crippen molar-refractivity contribution >= 4 is 43.5 Å². The van der Waals surface area contributed by atoms with Crippen molar-refractivity contribution in [2.75, 3.05) is 7.11 Å². The van der Waals surface area contributed by atoms with Crippen molar-refractivity contribution in [1.29, 1.82) is 0 Å². The number of aromatic nitrogens is 3. The summed E-state index contributed by atoms with van der Waals surface area (Å²) in [5.74, 6) is -1.66. The highest BCUT2D eigenvalue weighted by atomic mass is 16.6. The van der Waals surface area contributed by atoms with Gasteiger partial charge in [-0.05, 0) is 77.5 Å². The number of ether oxygens (including phenoxy) is 1. The summed E-state index contributed by atoms with van der Waals surface area (Å²) in [6, 6.07) is 21.5. The van der Waals surface area contributed by atoms with Gasteiger partial charge in [0, 0.05) is 24.1 Å². The summed E-state index contributed by atoms with van der Waals surface area (Å²) in [7, 11) is 1.56. The predicted molar refractivity (Wildman–Crippen MR) is 144 cm³/mol. The maximum Gasteiger partial charge on any atom is 0.354 e. The molecule has 0 radical (unpaired) electrons. The molecule has 0 bridgehead atoms. The van der Waals surface area contributed by atoms with Crippen molar-refractivity contribution in [3.05, 3.63) is 83.7 Å². The molecule has 4 aromatic carbocycles. The molecule has 0 spiro atoms. The lowest BCUT2D eigenvalue weighted by Crippen LogP contribution is -2.56. The van der Waals surface area contributed by atoms with Crippen molar-refractivity contribution in [3.8, 4) is 11.3 Å². The van der Waals surface area contributed by atoms with Gasteiger partial charge in [0.1, 0.15) is 5.39 Å². The van der Waals surface area contributed by atoms with Crippen LogP contribution in [0.2, 0.25) is 0 Å². The number of aryl methyl sites for hydroxylation is 2. The number of rotatable bonds is 2. The summed E-state index contributed by atoms with van der Waals surface area (Å²) in [4.78, 5) is 4.95. The second kappa shape index (κ2) is 7.12. The lowest BCUT2D eigenvalue weighted by Gasteiger charge is -2.21. The van der Waals surface area contributed by atoms with E-state index in [2.05, 4.69) is 86.9 Å². The number of benzene rings is 4. The Kier molecular flexibility index (Phi) is 4.25. The molecule has 6 aromatic rings. The van der Waals surface area contributed by atoms with Crippen LogP contribution in [0.25, 0.3) is 54.7 Å². The molecule has 7 rings (SSSR count). The second-order valence-electron chi connectivity index (χ2n) is 10.2. The molecular weight excluding hydrogens is 446 g/mol. The molecule has 0 aliphatic carbocycles. The van der Waals surface area contributed by atoms with Gasteiger partial charge in [0.25, 0.3) is 12.0 Å². The van der Waals surface area contributed by atoms with Crippen LogP contribution in [0.5, 0.6) is 0 Å². The van der Waals surface area contributed by atoms with E-state index in [-0.39, 0.29) is 6.04 Å². The minimum Gasteiger partial charge on any atom is -0.326 e. The Morgan fingerprint density at radius 1 is 0.917 bits per heavy atom. The number of aliphatic hydroxyl groups is 1. The van der Waals surface area contributed by atoms with Gasteiger partial charge in [0.15, 0.2) is 5.69 Å². The van der Waals surface area contributed by atoms with Gasteiger partial charge in [-0.25, -0.2) is 0 Å². The van der Waals surface area contributed by atoms with Crippen LogP contribution in [0.4, 0.5) is 0 Å². The highest BCUT2D eigenvalue weighted by Gasteiger charge is 2.50. The molecule has 0 fully saturated rings. The number of methoxy groups -OCH3 is 1. The van der Waals surface area contributed by atoms with E-state index in [0.29, 0.717) is 0 Å². The van der Waals surface area contributed by atoms with Gasteiger partial charge in [0.05, 0.1) is 11.1 Å². The average molecular weight is 475 g/mol. The summed E-state index contributed by atoms with van der Waals surface area (Å²) in [5.41, 5.74) is 7.10. The van der Waals surface area contributed by atoms with E-state index in [4.69, 9.17) is 9.72 Å². The van der Waals surface area contributed by atoms with Crippen LogP contribution >= 0.6 is 0 Å². The van der Waals surface area contributed by atoms with Crippen molar-refractivity contribution in [2.45, 2.75) is 39.6 Å². The first-order chi connectivity index (χ1) is 17.4. The highest BCUT2D eigenvalue weighted by Crippen LogP contribution is 2.48. The average Bonchev–Trinajstić information content (AvgIpc) is 3.34. The molecule has 1 N–H and O–H groups in total. The van der Waals surface area contributed by atoms with E-state index >= 15 is 0 Å². The normalized spacial score (nSPS) is 17.1. The van der Waals surface area contributed by atoms with Gasteiger partial charge in [-0.15, -0.1) is 0 Å². The zero-order valence-corrected chi connectivity index (χ0v) is 21.1. The van der Waals surface area contributed by atoms with Gasteiger partial charge in [0.2, 0.25) is 0 Å². The van der Waals surface area contributed by atoms with Gasteiger partial charge in [-0.3, -0.25) is 0 Å². The maximum atomic E-state index is 12.1. The van der Waals surface area contributed by atoms with Crippen LogP contribution in [0.1, 0.15) is 36.6 Å². The van der Waals surface area contributed by atoms with E-state index in [1.54, 1.807) is 13.4 Å². The van der Waals surface area contributed by atoms with Crippen LogP contribution in [0.3, 0.4) is 0 Å². The second-order valence-corrected chi connectivity index (χ2v) is 10.2. The van der Waals surface area contributed by atoms with Gasteiger partial charge in [-0.2, -0.15) is 4.57 Å². The molecule has 5 nitrogen and oxygen atoms in total. The van der Waals surface area contributed by atoms with Crippen LogP contribution in [-0.2, 0) is 10.6 Å². The monoisotopic (exact) mass is 474 g/mol. The number of hydrogen-bond acceptors (Lipinski definition) is 3. The first kappa shape index (κ1) is 21.5. The van der Waals surface area contributed by atoms with E-state index in [0.717, 1.165) is 49.5 Å². The standard InChI is InChI=1S/C31H28N3O2/c1-17(2)34-24-14-13-20-10-6-7-11-21(20)26(24)27-29-23-15-19(4)25-18(3)9-8-12-22(25)28(23)31(35,36-5)33(29)16-32-30(27)34/h6-17,35H,1-5H3/q+1. The number of hydrogen-bond donors (Lipinski definition) is 1. The lowest BCUT2D eigenvalue weighted by molar-refractivity contribution is -0.828. The van der Waals surface area contributed by atoms with E-state index < -0.39 is 5.91 Å². The fourth-order valence-electron chi connectivity index (χ4n) is 6.49. The predicted octanol–water partition coefficient (Wildman–Crippen LogP) is 6.26. The quantitative estimate of drug-likeness (QED) is 0.238. The molecular formula is C31H28N3O2+. The molecule has 3 heterocycles. The van der Waals surface area contributed by atoms with Crippen LogP contribution in [0.15, 0.2) is 67.0 Å². The number of nitrogens with zero attached hydrogens (tertiary/aromatic N) is 3. The molecule has 0 saturated carbocycles. The van der Waals surface area contributed by atoms with E-state index in [1.165, 1.54) is 21.9 Å². The third kappa shape index (κ3) is 2.47. The minimum atomic E-state index is -1.66. The van der Waals surface area contributed by atoms with E-state index in [1.807, 2.05) is 10.6 Å². The third-order valence-corrected chi connectivity index (χ3v) is 7.92. The van der Waals surface area contributed by atoms with Crippen molar-refractivity contribution in [1.82, 2.24) is 9.55 Å². The first-order valence-corrected chi connectivity index (χ1v) is 12.4. The van der Waals surface area contributed by atoms with Crippen molar-refractivity contribution < 1.29 is 14.4 Å². The zero-order chi connectivity index (χ0) is 24.9. The Bertz CT molecular complexity index is 1900.